The van der Waals surface area contributed by atoms with E-state index in [0.29, 0.717) is 5.69 Å². The number of allylic oxidation sites excluding steroid dienone is 1. The number of rotatable bonds is 6. The highest BCUT2D eigenvalue weighted by molar-refractivity contribution is 5.87. The highest BCUT2D eigenvalue weighted by Gasteiger charge is 2.17. The average molecular weight is 304 g/mol. The number of aryl methyl sites for hydroxylation is 1. The van der Waals surface area contributed by atoms with Gasteiger partial charge in [0.2, 0.25) is 0 Å². The molecule has 0 aliphatic rings. The molecule has 7 heteroatoms. The maximum Gasteiger partial charge on any atom is 0.436 e. The van der Waals surface area contributed by atoms with Crippen LogP contribution in [0.1, 0.15) is 12.5 Å². The second-order valence-corrected chi connectivity index (χ2v) is 4.12. The highest BCUT2D eigenvalue weighted by atomic mass is 16.6. The molecule has 0 N–H and O–H groups in total. The molecule has 0 fully saturated rings. The van der Waals surface area contributed by atoms with Gasteiger partial charge in [0.15, 0.2) is 0 Å². The van der Waals surface area contributed by atoms with E-state index in [9.17, 15) is 14.4 Å². The average Bonchev–Trinajstić information content (AvgIpc) is 2.50. The van der Waals surface area contributed by atoms with Crippen molar-refractivity contribution in [2.24, 2.45) is 5.10 Å². The zero-order chi connectivity index (χ0) is 16.4. The second kappa shape index (κ2) is 9.10. The fraction of sp³-hybridized carbons (Fsp3) is 0.267. The van der Waals surface area contributed by atoms with E-state index in [1.54, 1.807) is 31.2 Å². The predicted molar refractivity (Wildman–Crippen MR) is 78.9 cm³/mol. The molecule has 0 radical (unpaired) electrons. The van der Waals surface area contributed by atoms with Gasteiger partial charge in [-0.2, -0.15) is 5.01 Å². The van der Waals surface area contributed by atoms with E-state index in [4.69, 9.17) is 9.47 Å². The number of hydrogen-bond donors (Lipinski definition) is 0. The summed E-state index contributed by atoms with van der Waals surface area (Å²) in [7, 11) is 0. The lowest BCUT2D eigenvalue weighted by Crippen LogP contribution is -2.27. The van der Waals surface area contributed by atoms with E-state index in [0.717, 1.165) is 10.6 Å². The molecule has 0 spiro atoms. The Morgan fingerprint density at radius 2 is 1.86 bits per heavy atom. The van der Waals surface area contributed by atoms with Crippen LogP contribution in [0, 0.1) is 6.92 Å². The summed E-state index contributed by atoms with van der Waals surface area (Å²) in [6, 6.07) is 6.75. The van der Waals surface area contributed by atoms with Crippen molar-refractivity contribution >= 4 is 23.8 Å². The molecule has 1 amide bonds. The van der Waals surface area contributed by atoms with Crippen molar-refractivity contribution in [3.8, 4) is 0 Å². The molecule has 0 heterocycles. The van der Waals surface area contributed by atoms with Crippen LogP contribution in [-0.4, -0.2) is 31.4 Å². The van der Waals surface area contributed by atoms with Crippen LogP contribution >= 0.6 is 0 Å². The summed E-state index contributed by atoms with van der Waals surface area (Å²) in [5.41, 5.74) is 1.35. The van der Waals surface area contributed by atoms with E-state index in [-0.39, 0.29) is 13.2 Å². The van der Waals surface area contributed by atoms with Gasteiger partial charge in [-0.25, -0.2) is 14.4 Å². The first kappa shape index (κ1) is 17.1. The van der Waals surface area contributed by atoms with Crippen molar-refractivity contribution < 1.29 is 23.9 Å². The molecule has 1 rings (SSSR count). The quantitative estimate of drug-likeness (QED) is 0.201. The summed E-state index contributed by atoms with van der Waals surface area (Å²) in [6.45, 7) is 3.31. The predicted octanol–water partition coefficient (Wildman–Crippen LogP) is 2.31. The van der Waals surface area contributed by atoms with E-state index in [1.807, 2.05) is 6.92 Å². The van der Waals surface area contributed by atoms with Crippen LogP contribution in [-0.2, 0) is 19.1 Å². The number of benzene rings is 1. The Kier molecular flexibility index (Phi) is 7.08. The Hall–Kier alpha value is -2.92. The van der Waals surface area contributed by atoms with E-state index >= 15 is 0 Å². The number of nitrogens with zero attached hydrogens (tertiary/aromatic N) is 2. The van der Waals surface area contributed by atoms with Gasteiger partial charge in [0, 0.05) is 6.08 Å². The number of hydrogen-bond acceptors (Lipinski definition) is 6. The molecular weight excluding hydrogens is 288 g/mol. The van der Waals surface area contributed by atoms with Gasteiger partial charge < -0.3 is 9.47 Å². The molecule has 1 aromatic carbocycles. The van der Waals surface area contributed by atoms with Crippen LogP contribution in [0.4, 0.5) is 10.5 Å². The zero-order valence-electron chi connectivity index (χ0n) is 12.3. The lowest BCUT2D eigenvalue weighted by atomic mass is 10.2. The third-order valence-corrected chi connectivity index (χ3v) is 2.45. The van der Waals surface area contributed by atoms with Gasteiger partial charge in [-0.15, -0.1) is 0 Å². The van der Waals surface area contributed by atoms with Gasteiger partial charge in [-0.1, -0.05) is 28.9 Å². The fourth-order valence-corrected chi connectivity index (χ4v) is 1.45. The Bertz CT molecular complexity index is 588. The van der Waals surface area contributed by atoms with Crippen LogP contribution in [0.5, 0.6) is 0 Å². The van der Waals surface area contributed by atoms with E-state index < -0.39 is 12.1 Å². The Balaban J connectivity index is 2.57. The summed E-state index contributed by atoms with van der Waals surface area (Å²) in [5.74, 6) is -0.528. The summed E-state index contributed by atoms with van der Waals surface area (Å²) in [5, 5.41) is 4.08. The molecular formula is C15H16N2O5. The second-order valence-electron chi connectivity index (χ2n) is 4.12. The van der Waals surface area contributed by atoms with Crippen molar-refractivity contribution in [3.63, 3.8) is 0 Å². The molecule has 0 aromatic heterocycles. The first-order valence-corrected chi connectivity index (χ1v) is 6.49. The van der Waals surface area contributed by atoms with Gasteiger partial charge in [-0.3, -0.25) is 0 Å². The molecule has 7 nitrogen and oxygen atoms in total. The van der Waals surface area contributed by atoms with Gasteiger partial charge in [-0.05, 0) is 26.0 Å². The normalized spacial score (nSPS) is 9.91. The minimum Gasteiger partial charge on any atom is -0.459 e. The third-order valence-electron chi connectivity index (χ3n) is 2.45. The molecule has 0 aliphatic carbocycles. The first-order valence-electron chi connectivity index (χ1n) is 6.49. The number of carbonyl (C=O) groups is 2. The van der Waals surface area contributed by atoms with Gasteiger partial charge in [0.25, 0.3) is 6.08 Å². The maximum absolute atomic E-state index is 11.9. The summed E-state index contributed by atoms with van der Waals surface area (Å²) >= 11 is 0. The molecule has 0 saturated heterocycles. The van der Waals surface area contributed by atoms with Crippen molar-refractivity contribution in [1.29, 1.82) is 0 Å². The van der Waals surface area contributed by atoms with Gasteiger partial charge in [0.05, 0.1) is 5.69 Å². The minimum absolute atomic E-state index is 0.0958. The summed E-state index contributed by atoms with van der Waals surface area (Å²) in [4.78, 5) is 33.3. The Labute approximate surface area is 127 Å². The molecule has 0 bridgehead atoms. The number of ether oxygens (including phenoxy) is 2. The van der Waals surface area contributed by atoms with Crippen molar-refractivity contribution in [2.75, 3.05) is 18.2 Å². The molecule has 0 saturated carbocycles. The minimum atomic E-state index is -0.866. The van der Waals surface area contributed by atoms with Crippen LogP contribution in [0.2, 0.25) is 0 Å². The monoisotopic (exact) mass is 304 g/mol. The van der Waals surface area contributed by atoms with Crippen molar-refractivity contribution in [2.45, 2.75) is 13.8 Å². The van der Waals surface area contributed by atoms with Crippen molar-refractivity contribution in [1.82, 2.24) is 0 Å². The molecule has 22 heavy (non-hydrogen) atoms. The topological polar surface area (TPSA) is 85.3 Å². The lowest BCUT2D eigenvalue weighted by molar-refractivity contribution is -0.138. The standard InChI is InChI=1S/C15H16N2O5/c1-3-4-14(19)21-9-10-22-15(20)17(16-11-18)13-7-5-12(2)6-8-13/h3-8H,9-10H2,1-2H3/b4-3+. The van der Waals surface area contributed by atoms with Gasteiger partial charge in [0.1, 0.15) is 13.2 Å². The van der Waals surface area contributed by atoms with Gasteiger partial charge >= 0.3 is 12.1 Å². The number of carbonyl (C=O) groups excluding carboxylic acids is 3. The molecule has 0 unspecified atom stereocenters. The van der Waals surface area contributed by atoms with Crippen LogP contribution in [0.3, 0.4) is 0 Å². The smallest absolute Gasteiger partial charge is 0.436 e. The molecule has 0 atom stereocenters. The largest absolute Gasteiger partial charge is 0.459 e. The number of hydrazone groups is 1. The SMILES string of the molecule is C/C=C/C(=O)OCCOC(=O)N(N=C=O)c1ccc(C)cc1. The zero-order valence-corrected chi connectivity index (χ0v) is 12.3. The van der Waals surface area contributed by atoms with E-state index in [1.165, 1.54) is 18.2 Å². The number of anilines is 1. The third kappa shape index (κ3) is 5.60. The Morgan fingerprint density at radius 1 is 1.23 bits per heavy atom. The van der Waals surface area contributed by atoms with E-state index in [2.05, 4.69) is 5.10 Å². The maximum atomic E-state index is 11.9. The van der Waals surface area contributed by atoms with Crippen LogP contribution < -0.4 is 5.01 Å². The number of amides is 1. The molecule has 116 valence electrons. The van der Waals surface area contributed by atoms with Crippen LogP contribution in [0.25, 0.3) is 0 Å². The molecule has 0 aliphatic heterocycles. The van der Waals surface area contributed by atoms with Crippen LogP contribution in [0.15, 0.2) is 41.5 Å². The molecule has 1 aromatic rings. The fourth-order valence-electron chi connectivity index (χ4n) is 1.45. The Morgan fingerprint density at radius 3 is 2.45 bits per heavy atom. The summed E-state index contributed by atoms with van der Waals surface area (Å²) in [6.07, 6.45) is 3.21. The number of isocyanates is 1. The van der Waals surface area contributed by atoms with Crippen molar-refractivity contribution in [3.05, 3.63) is 42.0 Å². The first-order chi connectivity index (χ1) is 10.6. The summed E-state index contributed by atoms with van der Waals surface area (Å²) < 4.78 is 9.65. The highest BCUT2D eigenvalue weighted by Crippen LogP contribution is 2.16. The lowest BCUT2D eigenvalue weighted by Gasteiger charge is -2.15. The number of esters is 1.